The summed E-state index contributed by atoms with van der Waals surface area (Å²) in [5.41, 5.74) is 2.53. The third-order valence-corrected chi connectivity index (χ3v) is 4.57. The number of carbonyl (C=O) groups excluding carboxylic acids is 2. The Balaban J connectivity index is 1.72. The van der Waals surface area contributed by atoms with Crippen molar-refractivity contribution in [2.75, 3.05) is 20.2 Å². The first-order valence-electron chi connectivity index (χ1n) is 8.94. The van der Waals surface area contributed by atoms with Gasteiger partial charge in [-0.25, -0.2) is 0 Å². The lowest BCUT2D eigenvalue weighted by molar-refractivity contribution is -0.127. The Morgan fingerprint density at radius 2 is 1.92 bits per heavy atom. The Morgan fingerprint density at radius 3 is 2.65 bits per heavy atom. The van der Waals surface area contributed by atoms with Crippen molar-refractivity contribution in [3.05, 3.63) is 54.1 Å². The first-order chi connectivity index (χ1) is 12.6. The van der Waals surface area contributed by atoms with E-state index in [1.54, 1.807) is 13.2 Å². The number of likely N-dealkylation sites (tertiary alicyclic amines) is 1. The van der Waals surface area contributed by atoms with Gasteiger partial charge in [-0.1, -0.05) is 31.2 Å². The molecule has 1 saturated heterocycles. The van der Waals surface area contributed by atoms with Crippen LogP contribution in [0.25, 0.3) is 11.1 Å². The second kappa shape index (κ2) is 8.04. The number of hydrogen-bond acceptors (Lipinski definition) is 3. The summed E-state index contributed by atoms with van der Waals surface area (Å²) in [5.74, 6) is 0.742. The van der Waals surface area contributed by atoms with Crippen molar-refractivity contribution >= 4 is 11.8 Å². The van der Waals surface area contributed by atoms with Gasteiger partial charge >= 0.3 is 0 Å². The maximum atomic E-state index is 12.6. The molecule has 1 aliphatic heterocycles. The van der Waals surface area contributed by atoms with Crippen LogP contribution in [0.2, 0.25) is 0 Å². The number of rotatable bonds is 6. The summed E-state index contributed by atoms with van der Waals surface area (Å²) in [5, 5.41) is 2.99. The number of methoxy groups -OCH3 is 1. The highest BCUT2D eigenvalue weighted by molar-refractivity contribution is 5.96. The van der Waals surface area contributed by atoms with Crippen molar-refractivity contribution in [3.8, 4) is 16.9 Å². The van der Waals surface area contributed by atoms with E-state index < -0.39 is 0 Å². The van der Waals surface area contributed by atoms with Crippen LogP contribution in [0.4, 0.5) is 0 Å². The topological polar surface area (TPSA) is 58.6 Å². The van der Waals surface area contributed by atoms with E-state index in [4.69, 9.17) is 4.74 Å². The van der Waals surface area contributed by atoms with Gasteiger partial charge in [-0.3, -0.25) is 9.59 Å². The van der Waals surface area contributed by atoms with Gasteiger partial charge in [0.05, 0.1) is 13.2 Å². The van der Waals surface area contributed by atoms with E-state index in [0.717, 1.165) is 29.8 Å². The standard InChI is InChI=1S/C21H24N2O3/c1-3-10-23-14-18(13-20(23)24)22-21(25)17-8-4-6-15(11-17)16-7-5-9-19(12-16)26-2/h4-9,11-12,18H,3,10,13-14H2,1-2H3,(H,22,25). The first kappa shape index (κ1) is 18.0. The summed E-state index contributed by atoms with van der Waals surface area (Å²) >= 11 is 0. The number of nitrogens with zero attached hydrogens (tertiary/aromatic N) is 1. The molecule has 1 N–H and O–H groups in total. The van der Waals surface area contributed by atoms with Crippen LogP contribution < -0.4 is 10.1 Å². The van der Waals surface area contributed by atoms with Crippen molar-refractivity contribution in [2.45, 2.75) is 25.8 Å². The van der Waals surface area contributed by atoms with Gasteiger partial charge in [0.15, 0.2) is 0 Å². The van der Waals surface area contributed by atoms with Gasteiger partial charge in [0, 0.05) is 25.1 Å². The van der Waals surface area contributed by atoms with Crippen LogP contribution in [0.3, 0.4) is 0 Å². The van der Waals surface area contributed by atoms with Crippen molar-refractivity contribution in [2.24, 2.45) is 0 Å². The van der Waals surface area contributed by atoms with E-state index in [1.807, 2.05) is 54.3 Å². The van der Waals surface area contributed by atoms with E-state index >= 15 is 0 Å². The Hall–Kier alpha value is -2.82. The molecule has 5 nitrogen and oxygen atoms in total. The fraction of sp³-hybridized carbons (Fsp3) is 0.333. The lowest BCUT2D eigenvalue weighted by Gasteiger charge is -2.16. The molecule has 0 radical (unpaired) electrons. The van der Waals surface area contributed by atoms with Crippen molar-refractivity contribution in [1.29, 1.82) is 0 Å². The number of hydrogen-bond donors (Lipinski definition) is 1. The van der Waals surface area contributed by atoms with E-state index in [0.29, 0.717) is 18.5 Å². The number of amides is 2. The summed E-state index contributed by atoms with van der Waals surface area (Å²) in [6, 6.07) is 15.1. The molecule has 26 heavy (non-hydrogen) atoms. The average molecular weight is 352 g/mol. The molecule has 1 fully saturated rings. The van der Waals surface area contributed by atoms with Gasteiger partial charge < -0.3 is 15.0 Å². The van der Waals surface area contributed by atoms with Gasteiger partial charge in [0.2, 0.25) is 5.91 Å². The fourth-order valence-electron chi connectivity index (χ4n) is 3.27. The third-order valence-electron chi connectivity index (χ3n) is 4.57. The van der Waals surface area contributed by atoms with E-state index in [1.165, 1.54) is 0 Å². The minimum Gasteiger partial charge on any atom is -0.497 e. The summed E-state index contributed by atoms with van der Waals surface area (Å²) < 4.78 is 5.27. The highest BCUT2D eigenvalue weighted by atomic mass is 16.5. The zero-order chi connectivity index (χ0) is 18.5. The van der Waals surface area contributed by atoms with E-state index in [2.05, 4.69) is 5.32 Å². The Labute approximate surface area is 154 Å². The van der Waals surface area contributed by atoms with Gasteiger partial charge in [0.25, 0.3) is 5.91 Å². The molecule has 2 aromatic rings. The number of nitrogens with one attached hydrogen (secondary N) is 1. The van der Waals surface area contributed by atoms with Gasteiger partial charge in [-0.05, 0) is 41.8 Å². The second-order valence-corrected chi connectivity index (χ2v) is 6.53. The second-order valence-electron chi connectivity index (χ2n) is 6.53. The van der Waals surface area contributed by atoms with Crippen LogP contribution in [0.15, 0.2) is 48.5 Å². The summed E-state index contributed by atoms with van der Waals surface area (Å²) in [7, 11) is 1.63. The molecule has 2 amide bonds. The minimum absolute atomic E-state index is 0.113. The molecule has 0 aliphatic carbocycles. The molecule has 1 unspecified atom stereocenters. The van der Waals surface area contributed by atoms with Crippen molar-refractivity contribution in [3.63, 3.8) is 0 Å². The minimum atomic E-state index is -0.147. The fourth-order valence-corrected chi connectivity index (χ4v) is 3.27. The van der Waals surface area contributed by atoms with E-state index in [-0.39, 0.29) is 17.9 Å². The maximum absolute atomic E-state index is 12.6. The molecule has 0 aromatic heterocycles. The molecule has 136 valence electrons. The molecule has 0 spiro atoms. The predicted molar refractivity (Wildman–Crippen MR) is 101 cm³/mol. The quantitative estimate of drug-likeness (QED) is 0.869. The Morgan fingerprint density at radius 1 is 1.19 bits per heavy atom. The molecule has 0 saturated carbocycles. The molecule has 0 bridgehead atoms. The van der Waals surface area contributed by atoms with Crippen LogP contribution in [0.1, 0.15) is 30.1 Å². The predicted octanol–water partition coefficient (Wildman–Crippen LogP) is 3.10. The molecular weight excluding hydrogens is 328 g/mol. The first-order valence-corrected chi connectivity index (χ1v) is 8.94. The smallest absolute Gasteiger partial charge is 0.251 e. The average Bonchev–Trinajstić information content (AvgIpc) is 3.01. The Kier molecular flexibility index (Phi) is 5.56. The molecule has 3 rings (SSSR count). The molecule has 1 aliphatic rings. The highest BCUT2D eigenvalue weighted by Crippen LogP contribution is 2.24. The number of carbonyl (C=O) groups is 2. The van der Waals surface area contributed by atoms with Crippen LogP contribution in [0.5, 0.6) is 5.75 Å². The SMILES string of the molecule is CCCN1CC(NC(=O)c2cccc(-c3cccc(OC)c3)c2)CC1=O. The van der Waals surface area contributed by atoms with Gasteiger partial charge in [-0.2, -0.15) is 0 Å². The highest BCUT2D eigenvalue weighted by Gasteiger charge is 2.30. The van der Waals surface area contributed by atoms with Gasteiger partial charge in [-0.15, -0.1) is 0 Å². The molecule has 2 aromatic carbocycles. The summed E-state index contributed by atoms with van der Waals surface area (Å²) in [4.78, 5) is 26.4. The van der Waals surface area contributed by atoms with Crippen LogP contribution in [-0.2, 0) is 4.79 Å². The largest absolute Gasteiger partial charge is 0.497 e. The lowest BCUT2D eigenvalue weighted by Crippen LogP contribution is -2.37. The monoisotopic (exact) mass is 352 g/mol. The lowest BCUT2D eigenvalue weighted by atomic mass is 10.0. The molecule has 1 atom stereocenters. The van der Waals surface area contributed by atoms with Crippen molar-refractivity contribution < 1.29 is 14.3 Å². The molecule has 1 heterocycles. The summed E-state index contributed by atoms with van der Waals surface area (Å²) in [6.07, 6.45) is 1.30. The van der Waals surface area contributed by atoms with E-state index in [9.17, 15) is 9.59 Å². The Bertz CT molecular complexity index is 803. The summed E-state index contributed by atoms with van der Waals surface area (Å²) in [6.45, 7) is 3.38. The molecule has 5 heteroatoms. The van der Waals surface area contributed by atoms with Crippen LogP contribution in [-0.4, -0.2) is 43.0 Å². The maximum Gasteiger partial charge on any atom is 0.251 e. The van der Waals surface area contributed by atoms with Gasteiger partial charge in [0.1, 0.15) is 5.75 Å². The third kappa shape index (κ3) is 4.04. The molecular formula is C21H24N2O3. The van der Waals surface area contributed by atoms with Crippen molar-refractivity contribution in [1.82, 2.24) is 10.2 Å². The number of benzene rings is 2. The number of ether oxygens (including phenoxy) is 1. The van der Waals surface area contributed by atoms with Crippen LogP contribution >= 0.6 is 0 Å². The van der Waals surface area contributed by atoms with Crippen LogP contribution in [0, 0.1) is 0 Å². The normalized spacial score (nSPS) is 16.6. The zero-order valence-corrected chi connectivity index (χ0v) is 15.2. The zero-order valence-electron chi connectivity index (χ0n) is 15.2.